The third-order valence-corrected chi connectivity index (χ3v) is 15.8. The minimum absolute atomic E-state index is 0.654. The second-order valence-electron chi connectivity index (χ2n) is 7.64. The van der Waals surface area contributed by atoms with Gasteiger partial charge in [-0.3, -0.25) is 0 Å². The van der Waals surface area contributed by atoms with Gasteiger partial charge in [0, 0.05) is 0 Å². The van der Waals surface area contributed by atoms with Crippen LogP contribution in [0, 0.1) is 0 Å². The van der Waals surface area contributed by atoms with E-state index in [9.17, 15) is 0 Å². The van der Waals surface area contributed by atoms with Crippen LogP contribution in [0.3, 0.4) is 0 Å². The summed E-state index contributed by atoms with van der Waals surface area (Å²) < 4.78 is 7.71. The zero-order valence-corrected chi connectivity index (χ0v) is 16.9. The molecule has 0 heterocycles. The fourth-order valence-electron chi connectivity index (χ4n) is 4.39. The number of allylic oxidation sites excluding steroid dienone is 4. The van der Waals surface area contributed by atoms with Gasteiger partial charge >= 0.3 is 145 Å². The fourth-order valence-corrected chi connectivity index (χ4v) is 13.6. The second-order valence-corrected chi connectivity index (χ2v) is 19.1. The molecule has 0 saturated heterocycles. The van der Waals surface area contributed by atoms with Gasteiger partial charge in [-0.2, -0.15) is 0 Å². The number of hydrogen-bond donors (Lipinski definition) is 0. The van der Waals surface area contributed by atoms with Gasteiger partial charge in [0.05, 0.1) is 0 Å². The van der Waals surface area contributed by atoms with E-state index in [-0.39, 0.29) is 0 Å². The van der Waals surface area contributed by atoms with Gasteiger partial charge in [0.15, 0.2) is 0 Å². The Balaban J connectivity index is 1.88. The predicted octanol–water partition coefficient (Wildman–Crippen LogP) is 6.63. The summed E-state index contributed by atoms with van der Waals surface area (Å²) in [7, 11) is 0. The molecule has 2 aromatic carbocycles. The van der Waals surface area contributed by atoms with Crippen molar-refractivity contribution in [2.75, 3.05) is 0 Å². The van der Waals surface area contributed by atoms with Crippen LogP contribution >= 0.6 is 0 Å². The van der Waals surface area contributed by atoms with E-state index in [1.807, 2.05) is 0 Å². The standard InChI is InChI=1S/C13H9.C7H9.2CH3.Zr/c1-3-7-12-10(5-1)9-11-6-2-4-8-13(11)12;1-6-4-3-5-7(6)2;;;/h1-9H;4H,5H2,1-2H3;2*1H3;. The Morgan fingerprint density at radius 2 is 1.35 bits per heavy atom. The van der Waals surface area contributed by atoms with Crippen LogP contribution in [0.15, 0.2) is 69.0 Å². The van der Waals surface area contributed by atoms with Crippen molar-refractivity contribution >= 4 is 0 Å². The van der Waals surface area contributed by atoms with Gasteiger partial charge in [0.25, 0.3) is 0 Å². The molecule has 0 spiro atoms. The minimum atomic E-state index is -2.49. The van der Waals surface area contributed by atoms with Gasteiger partial charge in [-0.1, -0.05) is 0 Å². The van der Waals surface area contributed by atoms with Crippen molar-refractivity contribution in [3.05, 3.63) is 80.2 Å². The molecule has 0 radical (unpaired) electrons. The molecule has 4 rings (SSSR count). The first-order chi connectivity index (χ1) is 11.0. The first-order valence-electron chi connectivity index (χ1n) is 8.56. The molecule has 2 aliphatic rings. The van der Waals surface area contributed by atoms with E-state index < -0.39 is 20.3 Å². The summed E-state index contributed by atoms with van der Waals surface area (Å²) in [5.41, 5.74) is 9.18. The Bertz CT molecular complexity index is 806. The van der Waals surface area contributed by atoms with Crippen LogP contribution in [-0.2, 0) is 20.3 Å². The Morgan fingerprint density at radius 3 is 1.83 bits per heavy atom. The summed E-state index contributed by atoms with van der Waals surface area (Å²) in [6.07, 6.45) is 3.74. The van der Waals surface area contributed by atoms with Crippen LogP contribution < -0.4 is 0 Å². The third kappa shape index (κ3) is 2.28. The van der Waals surface area contributed by atoms with E-state index in [1.165, 1.54) is 23.1 Å². The van der Waals surface area contributed by atoms with Crippen molar-refractivity contribution < 1.29 is 20.3 Å². The van der Waals surface area contributed by atoms with Gasteiger partial charge < -0.3 is 0 Å². The zero-order chi connectivity index (χ0) is 16.2. The quantitative estimate of drug-likeness (QED) is 0.549. The predicted molar refractivity (Wildman–Crippen MR) is 96.5 cm³/mol. The number of rotatable bonds is 2. The van der Waals surface area contributed by atoms with Gasteiger partial charge in [-0.05, 0) is 0 Å². The SMILES string of the molecule is CC1=C(C)C[C]([Zr]([CH3])([CH3])[CH]2c3ccccc3-c3ccccc32)=C1. The molecule has 0 saturated carbocycles. The van der Waals surface area contributed by atoms with Crippen LogP contribution in [0.2, 0.25) is 9.26 Å². The average Bonchev–Trinajstić information content (AvgIpc) is 3.06. The molecule has 0 aromatic heterocycles. The third-order valence-electron chi connectivity index (χ3n) is 5.90. The first kappa shape index (κ1) is 15.3. The van der Waals surface area contributed by atoms with E-state index in [0.717, 1.165) is 0 Å². The maximum absolute atomic E-state index is 2.63. The Hall–Kier alpha value is -1.20. The topological polar surface area (TPSA) is 0 Å². The van der Waals surface area contributed by atoms with Crippen LogP contribution in [0.1, 0.15) is 35.0 Å². The van der Waals surface area contributed by atoms with Crippen molar-refractivity contribution in [3.63, 3.8) is 0 Å². The zero-order valence-electron chi connectivity index (χ0n) is 14.5. The molecule has 0 unspecified atom stereocenters. The first-order valence-corrected chi connectivity index (χ1v) is 16.1. The molecule has 0 aliphatic heterocycles. The van der Waals surface area contributed by atoms with E-state index in [0.29, 0.717) is 3.63 Å². The number of benzene rings is 2. The molecule has 116 valence electrons. The van der Waals surface area contributed by atoms with Crippen LogP contribution in [0.25, 0.3) is 11.1 Å². The molecule has 2 aliphatic carbocycles. The van der Waals surface area contributed by atoms with Crippen LogP contribution in [-0.4, -0.2) is 0 Å². The summed E-state index contributed by atoms with van der Waals surface area (Å²) >= 11 is -2.49. The second kappa shape index (κ2) is 5.42. The van der Waals surface area contributed by atoms with Crippen molar-refractivity contribution in [2.24, 2.45) is 0 Å². The Morgan fingerprint density at radius 1 is 0.826 bits per heavy atom. The number of hydrogen-bond acceptors (Lipinski definition) is 0. The normalized spacial score (nSPS) is 17.3. The molecule has 0 bridgehead atoms. The summed E-state index contributed by atoms with van der Waals surface area (Å²) in [5, 5.41) is 0. The molecular weight excluding hydrogens is 355 g/mol. The number of fused-ring (bicyclic) bond motifs is 3. The summed E-state index contributed by atoms with van der Waals surface area (Å²) in [5.74, 6) is 0. The molecular formula is C22H24Zr. The Kier molecular flexibility index (Phi) is 3.61. The van der Waals surface area contributed by atoms with Crippen molar-refractivity contribution in [1.29, 1.82) is 0 Å². The fraction of sp³-hybridized carbons (Fsp3) is 0.273. The molecule has 23 heavy (non-hydrogen) atoms. The molecule has 0 nitrogen and oxygen atoms in total. The van der Waals surface area contributed by atoms with E-state index in [1.54, 1.807) is 20.0 Å². The van der Waals surface area contributed by atoms with Gasteiger partial charge in [-0.15, -0.1) is 0 Å². The van der Waals surface area contributed by atoms with Crippen LogP contribution in [0.5, 0.6) is 0 Å². The van der Waals surface area contributed by atoms with Gasteiger partial charge in [0.1, 0.15) is 0 Å². The monoisotopic (exact) mass is 378 g/mol. The Labute approximate surface area is 144 Å². The van der Waals surface area contributed by atoms with Crippen molar-refractivity contribution in [1.82, 2.24) is 0 Å². The van der Waals surface area contributed by atoms with E-state index in [2.05, 4.69) is 77.7 Å². The molecule has 0 amide bonds. The molecule has 0 fully saturated rings. The molecule has 0 atom stereocenters. The molecule has 1 heteroatoms. The maximum atomic E-state index is 2.63. The van der Waals surface area contributed by atoms with E-state index >= 15 is 0 Å². The van der Waals surface area contributed by atoms with Crippen molar-refractivity contribution in [2.45, 2.75) is 33.2 Å². The molecule has 2 aromatic rings. The molecule has 0 N–H and O–H groups in total. The van der Waals surface area contributed by atoms with Gasteiger partial charge in [-0.25, -0.2) is 0 Å². The average molecular weight is 380 g/mol. The summed E-state index contributed by atoms with van der Waals surface area (Å²) in [4.78, 5) is 0. The van der Waals surface area contributed by atoms with Gasteiger partial charge in [0.2, 0.25) is 0 Å². The summed E-state index contributed by atoms with van der Waals surface area (Å²) in [6, 6.07) is 18.2. The van der Waals surface area contributed by atoms with E-state index in [4.69, 9.17) is 0 Å². The van der Waals surface area contributed by atoms with Crippen LogP contribution in [0.4, 0.5) is 0 Å². The van der Waals surface area contributed by atoms with Crippen molar-refractivity contribution in [3.8, 4) is 11.1 Å². The summed E-state index contributed by atoms with van der Waals surface area (Å²) in [6.45, 7) is 4.58.